The van der Waals surface area contributed by atoms with Gasteiger partial charge in [-0.15, -0.1) is 0 Å². The molecule has 1 saturated heterocycles. The molecule has 1 saturated carbocycles. The van der Waals surface area contributed by atoms with E-state index in [0.29, 0.717) is 25.6 Å². The third-order valence-electron chi connectivity index (χ3n) is 5.08. The number of hydrogen-bond donors (Lipinski definition) is 0. The maximum atomic E-state index is 12.5. The zero-order valence-electron chi connectivity index (χ0n) is 14.6. The molecule has 0 N–H and O–H groups in total. The SMILES string of the molecule is CCOc1cc(N2CCN(CC3CCCC3)C(=O)C2)ccc1[N+](=O)[O-]. The number of nitro benzene ring substituents is 1. The molecule has 1 amide bonds. The molecule has 1 aromatic carbocycles. The molecule has 2 aliphatic rings. The van der Waals surface area contributed by atoms with Gasteiger partial charge in [-0.2, -0.15) is 0 Å². The van der Waals surface area contributed by atoms with E-state index < -0.39 is 4.92 Å². The van der Waals surface area contributed by atoms with Crippen LogP contribution in [0.25, 0.3) is 0 Å². The number of hydrogen-bond acceptors (Lipinski definition) is 5. The summed E-state index contributed by atoms with van der Waals surface area (Å²) in [5.41, 5.74) is 0.750. The van der Waals surface area contributed by atoms with Crippen molar-refractivity contribution in [1.29, 1.82) is 0 Å². The molecule has 0 bridgehead atoms. The molecule has 0 unspecified atom stereocenters. The number of anilines is 1. The lowest BCUT2D eigenvalue weighted by molar-refractivity contribution is -0.385. The molecular weight excluding hydrogens is 322 g/mol. The van der Waals surface area contributed by atoms with Crippen molar-refractivity contribution < 1.29 is 14.5 Å². The lowest BCUT2D eigenvalue weighted by Crippen LogP contribution is -2.51. The van der Waals surface area contributed by atoms with Crippen molar-refractivity contribution in [2.24, 2.45) is 5.92 Å². The van der Waals surface area contributed by atoms with E-state index in [1.807, 2.05) is 9.80 Å². The lowest BCUT2D eigenvalue weighted by atomic mass is 10.1. The molecule has 1 heterocycles. The highest BCUT2D eigenvalue weighted by Crippen LogP contribution is 2.32. The molecule has 1 aliphatic carbocycles. The van der Waals surface area contributed by atoms with Gasteiger partial charge in [0.05, 0.1) is 18.1 Å². The molecule has 3 rings (SSSR count). The van der Waals surface area contributed by atoms with Crippen LogP contribution in [0.1, 0.15) is 32.6 Å². The van der Waals surface area contributed by atoms with Crippen molar-refractivity contribution in [3.05, 3.63) is 28.3 Å². The van der Waals surface area contributed by atoms with E-state index in [4.69, 9.17) is 4.74 Å². The molecule has 1 aromatic rings. The summed E-state index contributed by atoms with van der Waals surface area (Å²) in [6, 6.07) is 4.82. The number of nitro groups is 1. The van der Waals surface area contributed by atoms with Crippen LogP contribution in [0.2, 0.25) is 0 Å². The molecule has 25 heavy (non-hydrogen) atoms. The summed E-state index contributed by atoms with van der Waals surface area (Å²) in [7, 11) is 0. The van der Waals surface area contributed by atoms with E-state index in [2.05, 4.69) is 0 Å². The van der Waals surface area contributed by atoms with E-state index in [9.17, 15) is 14.9 Å². The van der Waals surface area contributed by atoms with Gasteiger partial charge in [0.2, 0.25) is 5.91 Å². The fraction of sp³-hybridized carbons (Fsp3) is 0.611. The summed E-state index contributed by atoms with van der Waals surface area (Å²) in [6.07, 6.45) is 5.02. The van der Waals surface area contributed by atoms with E-state index >= 15 is 0 Å². The monoisotopic (exact) mass is 347 g/mol. The van der Waals surface area contributed by atoms with E-state index in [-0.39, 0.29) is 17.3 Å². The van der Waals surface area contributed by atoms with Gasteiger partial charge in [-0.05, 0) is 31.7 Å². The van der Waals surface area contributed by atoms with Crippen LogP contribution < -0.4 is 9.64 Å². The number of ether oxygens (including phenoxy) is 1. The first kappa shape index (κ1) is 17.5. The topological polar surface area (TPSA) is 75.9 Å². The van der Waals surface area contributed by atoms with Crippen LogP contribution in [-0.2, 0) is 4.79 Å². The largest absolute Gasteiger partial charge is 0.487 e. The van der Waals surface area contributed by atoms with E-state index in [0.717, 1.165) is 18.8 Å². The molecule has 7 heteroatoms. The number of rotatable bonds is 6. The number of benzene rings is 1. The summed E-state index contributed by atoms with van der Waals surface area (Å²) in [5.74, 6) is 1.04. The number of carbonyl (C=O) groups is 1. The number of piperazine rings is 1. The van der Waals surface area contributed by atoms with Crippen LogP contribution in [0.15, 0.2) is 18.2 Å². The van der Waals surface area contributed by atoms with E-state index in [1.54, 1.807) is 19.1 Å². The first-order valence-corrected chi connectivity index (χ1v) is 9.02. The Kier molecular flexibility index (Phi) is 5.40. The maximum absolute atomic E-state index is 12.5. The van der Waals surface area contributed by atoms with Gasteiger partial charge in [0.15, 0.2) is 5.75 Å². The molecule has 0 aromatic heterocycles. The van der Waals surface area contributed by atoms with Crippen molar-refractivity contribution in [2.75, 3.05) is 37.7 Å². The first-order chi connectivity index (χ1) is 12.1. The third kappa shape index (κ3) is 4.03. The molecule has 0 radical (unpaired) electrons. The predicted octanol–water partition coefficient (Wildman–Crippen LogP) is 2.83. The molecule has 0 atom stereocenters. The normalized spacial score (nSPS) is 18.7. The third-order valence-corrected chi connectivity index (χ3v) is 5.08. The van der Waals surface area contributed by atoms with Crippen LogP contribution in [0.3, 0.4) is 0 Å². The smallest absolute Gasteiger partial charge is 0.311 e. The minimum Gasteiger partial charge on any atom is -0.487 e. The van der Waals surface area contributed by atoms with Gasteiger partial charge >= 0.3 is 5.69 Å². The maximum Gasteiger partial charge on any atom is 0.311 e. The number of carbonyl (C=O) groups excluding carboxylic acids is 1. The molecule has 1 aliphatic heterocycles. The highest BCUT2D eigenvalue weighted by atomic mass is 16.6. The van der Waals surface area contributed by atoms with Crippen LogP contribution in [0.4, 0.5) is 11.4 Å². The molecule has 7 nitrogen and oxygen atoms in total. The van der Waals surface area contributed by atoms with Crippen LogP contribution in [-0.4, -0.2) is 48.5 Å². The Morgan fingerprint density at radius 1 is 1.28 bits per heavy atom. The predicted molar refractivity (Wildman–Crippen MR) is 95.0 cm³/mol. The van der Waals surface area contributed by atoms with Crippen molar-refractivity contribution in [3.63, 3.8) is 0 Å². The highest BCUT2D eigenvalue weighted by Gasteiger charge is 2.28. The molecular formula is C18H25N3O4. The van der Waals surface area contributed by atoms with Crippen LogP contribution in [0.5, 0.6) is 5.75 Å². The summed E-state index contributed by atoms with van der Waals surface area (Å²) in [5, 5.41) is 11.1. The van der Waals surface area contributed by atoms with Crippen molar-refractivity contribution in [2.45, 2.75) is 32.6 Å². The standard InChI is InChI=1S/C18H25N3O4/c1-2-25-17-11-15(7-8-16(17)21(23)24)19-9-10-20(18(22)13-19)12-14-5-3-4-6-14/h7-8,11,14H,2-6,9-10,12-13H2,1H3. The fourth-order valence-electron chi connectivity index (χ4n) is 3.75. The van der Waals surface area contributed by atoms with Crippen molar-refractivity contribution >= 4 is 17.3 Å². The van der Waals surface area contributed by atoms with Gasteiger partial charge in [0.25, 0.3) is 0 Å². The van der Waals surface area contributed by atoms with E-state index in [1.165, 1.54) is 31.7 Å². The average Bonchev–Trinajstić information content (AvgIpc) is 3.10. The average molecular weight is 347 g/mol. The Labute approximate surface area is 147 Å². The number of amides is 1. The van der Waals surface area contributed by atoms with Gasteiger partial charge in [-0.1, -0.05) is 12.8 Å². The van der Waals surface area contributed by atoms with Crippen LogP contribution in [0, 0.1) is 16.0 Å². The fourth-order valence-corrected chi connectivity index (χ4v) is 3.75. The number of nitrogens with zero attached hydrogens (tertiary/aromatic N) is 3. The van der Waals surface area contributed by atoms with Gasteiger partial charge in [0, 0.05) is 37.5 Å². The van der Waals surface area contributed by atoms with Crippen molar-refractivity contribution in [3.8, 4) is 5.75 Å². The van der Waals surface area contributed by atoms with Crippen LogP contribution >= 0.6 is 0 Å². The summed E-state index contributed by atoms with van der Waals surface area (Å²) in [4.78, 5) is 27.1. The second kappa shape index (κ2) is 7.72. The Hall–Kier alpha value is -2.31. The van der Waals surface area contributed by atoms with Gasteiger partial charge in [-0.3, -0.25) is 14.9 Å². The minimum atomic E-state index is -0.445. The summed E-state index contributed by atoms with van der Waals surface area (Å²) < 4.78 is 5.40. The van der Waals surface area contributed by atoms with Gasteiger partial charge < -0.3 is 14.5 Å². The quantitative estimate of drug-likeness (QED) is 0.584. The van der Waals surface area contributed by atoms with Gasteiger partial charge in [0.1, 0.15) is 0 Å². The Morgan fingerprint density at radius 3 is 2.68 bits per heavy atom. The Morgan fingerprint density at radius 2 is 2.04 bits per heavy atom. The lowest BCUT2D eigenvalue weighted by Gasteiger charge is -2.36. The van der Waals surface area contributed by atoms with Crippen molar-refractivity contribution in [1.82, 2.24) is 4.90 Å². The Balaban J connectivity index is 1.67. The summed E-state index contributed by atoms with van der Waals surface area (Å²) >= 11 is 0. The molecule has 2 fully saturated rings. The minimum absolute atomic E-state index is 0.0446. The van der Waals surface area contributed by atoms with Gasteiger partial charge in [-0.25, -0.2) is 0 Å². The zero-order valence-corrected chi connectivity index (χ0v) is 14.6. The Bertz CT molecular complexity index is 643. The first-order valence-electron chi connectivity index (χ1n) is 9.02. The second-order valence-corrected chi connectivity index (χ2v) is 6.75. The molecule has 0 spiro atoms. The second-order valence-electron chi connectivity index (χ2n) is 6.75. The summed E-state index contributed by atoms with van der Waals surface area (Å²) in [6.45, 7) is 4.78. The zero-order chi connectivity index (χ0) is 17.8. The molecule has 136 valence electrons. The highest BCUT2D eigenvalue weighted by molar-refractivity contribution is 5.83.